The maximum Gasteiger partial charge on any atom is 0.300 e. The first-order valence-corrected chi connectivity index (χ1v) is 11.5. The molecule has 1 unspecified atom stereocenters. The van der Waals surface area contributed by atoms with Crippen molar-refractivity contribution in [3.63, 3.8) is 0 Å². The average Bonchev–Trinajstić information content (AvgIpc) is 3.12. The number of rotatable bonds is 5. The highest BCUT2D eigenvalue weighted by molar-refractivity contribution is 7.15. The fourth-order valence-electron chi connectivity index (χ4n) is 3.59. The third-order valence-corrected chi connectivity index (χ3v) is 6.26. The van der Waals surface area contributed by atoms with E-state index >= 15 is 0 Å². The molecule has 0 amide bonds. The number of thiazole rings is 1. The van der Waals surface area contributed by atoms with Gasteiger partial charge in [0.2, 0.25) is 4.96 Å². The smallest absolute Gasteiger partial charge is 0.300 e. The fourth-order valence-corrected chi connectivity index (χ4v) is 4.50. The van der Waals surface area contributed by atoms with Gasteiger partial charge >= 0.3 is 5.56 Å². The second kappa shape index (κ2) is 8.63. The second-order valence-electron chi connectivity index (χ2n) is 7.69. The Hall–Kier alpha value is -3.78. The summed E-state index contributed by atoms with van der Waals surface area (Å²) in [5.41, 5.74) is 1.72. The van der Waals surface area contributed by atoms with Crippen LogP contribution in [0.3, 0.4) is 0 Å². The van der Waals surface area contributed by atoms with Gasteiger partial charge in [-0.05, 0) is 61.4 Å². The Labute approximate surface area is 193 Å². The minimum Gasteiger partial charge on any atom is -0.494 e. The van der Waals surface area contributed by atoms with E-state index in [4.69, 9.17) is 9.47 Å². The Morgan fingerprint density at radius 1 is 1.15 bits per heavy atom. The van der Waals surface area contributed by atoms with Gasteiger partial charge in [-0.1, -0.05) is 36.5 Å². The predicted molar refractivity (Wildman–Crippen MR) is 129 cm³/mol. The van der Waals surface area contributed by atoms with Crippen LogP contribution < -0.4 is 25.1 Å². The largest absolute Gasteiger partial charge is 0.494 e. The lowest BCUT2D eigenvalue weighted by molar-refractivity contribution is 0.259. The number of ether oxygens (including phenoxy) is 2. The maximum absolute atomic E-state index is 13.1. The van der Waals surface area contributed by atoms with E-state index in [1.165, 1.54) is 4.52 Å². The molecule has 0 radical (unpaired) electrons. The minimum atomic E-state index is -0.479. The first-order valence-electron chi connectivity index (χ1n) is 10.7. The Morgan fingerprint density at radius 2 is 1.94 bits per heavy atom. The van der Waals surface area contributed by atoms with Crippen LogP contribution in [0.1, 0.15) is 25.8 Å². The van der Waals surface area contributed by atoms with Gasteiger partial charge in [0, 0.05) is 11.1 Å². The van der Waals surface area contributed by atoms with Gasteiger partial charge in [0.05, 0.1) is 11.1 Å². The highest BCUT2D eigenvalue weighted by atomic mass is 32.1. The Bertz CT molecular complexity index is 1540. The van der Waals surface area contributed by atoms with Gasteiger partial charge < -0.3 is 9.47 Å². The molecule has 4 aromatic rings. The maximum atomic E-state index is 13.1. The van der Waals surface area contributed by atoms with Crippen molar-refractivity contribution >= 4 is 28.4 Å². The monoisotopic (exact) mass is 459 g/mol. The van der Waals surface area contributed by atoms with Gasteiger partial charge in [-0.15, -0.1) is 0 Å². The van der Waals surface area contributed by atoms with E-state index in [2.05, 4.69) is 10.1 Å². The van der Waals surface area contributed by atoms with Crippen molar-refractivity contribution in [2.24, 2.45) is 0 Å². The molecule has 0 bridgehead atoms. The van der Waals surface area contributed by atoms with Crippen LogP contribution in [0.15, 0.2) is 63.7 Å². The van der Waals surface area contributed by atoms with Gasteiger partial charge in [-0.25, -0.2) is 0 Å². The molecule has 0 saturated heterocycles. The number of benzene rings is 2. The number of para-hydroxylation sites is 1. The summed E-state index contributed by atoms with van der Waals surface area (Å²) in [5, 5.41) is 4.33. The molecule has 1 atom stereocenters. The fraction of sp³-hybridized carbons (Fsp3) is 0.200. The standard InChI is InChI=1S/C25H21N3O4S/c1-3-12-31-19-10-8-16(9-11-19)22-23(29)26-25-28(27-22)24(30)21(33-25)14-18-13-17-6-4-5-7-20(17)32-15(18)2/h4-11,13-15H,3,12H2,1-2H3. The van der Waals surface area contributed by atoms with E-state index in [0.29, 0.717) is 22.5 Å². The van der Waals surface area contributed by atoms with Gasteiger partial charge in [0.25, 0.3) is 5.56 Å². The van der Waals surface area contributed by atoms with Crippen LogP contribution in [-0.2, 0) is 0 Å². The summed E-state index contributed by atoms with van der Waals surface area (Å²) < 4.78 is 13.2. The van der Waals surface area contributed by atoms with Crippen molar-refractivity contribution in [2.45, 2.75) is 26.4 Å². The van der Waals surface area contributed by atoms with Crippen LogP contribution in [0.5, 0.6) is 11.5 Å². The highest BCUT2D eigenvalue weighted by Crippen LogP contribution is 2.29. The molecule has 0 spiro atoms. The lowest BCUT2D eigenvalue weighted by Gasteiger charge is -2.22. The molecule has 2 aromatic carbocycles. The Kier molecular flexibility index (Phi) is 5.51. The highest BCUT2D eigenvalue weighted by Gasteiger charge is 2.18. The number of aromatic nitrogens is 3. The number of hydrogen-bond acceptors (Lipinski definition) is 7. The van der Waals surface area contributed by atoms with Crippen molar-refractivity contribution in [1.29, 1.82) is 0 Å². The van der Waals surface area contributed by atoms with E-state index in [1.807, 2.05) is 44.2 Å². The quantitative estimate of drug-likeness (QED) is 0.455. The molecule has 0 fully saturated rings. The van der Waals surface area contributed by atoms with Crippen LogP contribution in [0.4, 0.5) is 0 Å². The summed E-state index contributed by atoms with van der Waals surface area (Å²) in [6, 6.07) is 14.8. The van der Waals surface area contributed by atoms with Gasteiger partial charge in [-0.2, -0.15) is 14.6 Å². The first kappa shape index (κ1) is 21.1. The lowest BCUT2D eigenvalue weighted by atomic mass is 10.0. The van der Waals surface area contributed by atoms with E-state index < -0.39 is 5.56 Å². The summed E-state index contributed by atoms with van der Waals surface area (Å²) in [6.07, 6.45) is 4.48. The normalized spacial score (nSPS) is 15.8. The van der Waals surface area contributed by atoms with Crippen molar-refractivity contribution in [3.8, 4) is 22.8 Å². The summed E-state index contributed by atoms with van der Waals surface area (Å²) in [6.45, 7) is 4.58. The zero-order valence-electron chi connectivity index (χ0n) is 18.1. The lowest BCUT2D eigenvalue weighted by Crippen LogP contribution is -2.28. The third kappa shape index (κ3) is 4.05. The van der Waals surface area contributed by atoms with Crippen molar-refractivity contribution in [2.75, 3.05) is 6.61 Å². The Morgan fingerprint density at radius 3 is 2.73 bits per heavy atom. The molecule has 5 rings (SSSR count). The molecule has 0 saturated carbocycles. The molecule has 0 aliphatic carbocycles. The molecule has 7 nitrogen and oxygen atoms in total. The summed E-state index contributed by atoms with van der Waals surface area (Å²) in [4.78, 5) is 30.1. The third-order valence-electron chi connectivity index (χ3n) is 5.30. The number of hydrogen-bond donors (Lipinski definition) is 0. The molecule has 1 aliphatic heterocycles. The average molecular weight is 460 g/mol. The zero-order valence-corrected chi connectivity index (χ0v) is 19.0. The number of nitrogens with zero attached hydrogens (tertiary/aromatic N) is 3. The van der Waals surface area contributed by atoms with Crippen LogP contribution in [0.25, 0.3) is 28.4 Å². The molecule has 33 heavy (non-hydrogen) atoms. The molecular weight excluding hydrogens is 438 g/mol. The number of fused-ring (bicyclic) bond motifs is 2. The molecule has 2 aromatic heterocycles. The van der Waals surface area contributed by atoms with Crippen LogP contribution in [0, 0.1) is 0 Å². The topological polar surface area (TPSA) is 82.8 Å². The van der Waals surface area contributed by atoms with Crippen molar-refractivity contribution in [1.82, 2.24) is 14.6 Å². The van der Waals surface area contributed by atoms with Gasteiger partial charge in [-0.3, -0.25) is 9.59 Å². The van der Waals surface area contributed by atoms with Crippen LogP contribution in [-0.4, -0.2) is 27.3 Å². The zero-order chi connectivity index (χ0) is 22.9. The van der Waals surface area contributed by atoms with Crippen molar-refractivity contribution in [3.05, 3.63) is 84.9 Å². The summed E-state index contributed by atoms with van der Waals surface area (Å²) in [5.74, 6) is 1.52. The molecular formula is C25H21N3O4S. The molecule has 8 heteroatoms. The molecule has 166 valence electrons. The van der Waals surface area contributed by atoms with Crippen LogP contribution in [0.2, 0.25) is 0 Å². The minimum absolute atomic E-state index is 0.124. The molecule has 3 heterocycles. The summed E-state index contributed by atoms with van der Waals surface area (Å²) in [7, 11) is 0. The van der Waals surface area contributed by atoms with E-state index in [-0.39, 0.29) is 22.3 Å². The van der Waals surface area contributed by atoms with E-state index in [0.717, 1.165) is 34.6 Å². The van der Waals surface area contributed by atoms with E-state index in [9.17, 15) is 9.59 Å². The van der Waals surface area contributed by atoms with Crippen LogP contribution >= 0.6 is 11.3 Å². The second-order valence-corrected chi connectivity index (χ2v) is 8.70. The van der Waals surface area contributed by atoms with E-state index in [1.54, 1.807) is 30.3 Å². The SMILES string of the molecule is CCCOc1ccc(-c2nn3c(=O)c(=CC4=Cc5ccccc5OC4C)sc3nc2=O)cc1. The summed E-state index contributed by atoms with van der Waals surface area (Å²) >= 11 is 1.14. The van der Waals surface area contributed by atoms with Gasteiger partial charge in [0.1, 0.15) is 17.6 Å². The predicted octanol–water partition coefficient (Wildman–Crippen LogP) is 3.33. The Balaban J connectivity index is 1.56. The first-order chi connectivity index (χ1) is 16.0. The van der Waals surface area contributed by atoms with Gasteiger partial charge in [0.15, 0.2) is 5.69 Å². The molecule has 1 aliphatic rings. The molecule has 0 N–H and O–H groups in total. The van der Waals surface area contributed by atoms with Crippen molar-refractivity contribution < 1.29 is 9.47 Å².